The normalized spacial score (nSPS) is 14.0. The predicted molar refractivity (Wildman–Crippen MR) is 119 cm³/mol. The Balaban J connectivity index is 1.56. The van der Waals surface area contributed by atoms with E-state index >= 15 is 0 Å². The lowest BCUT2D eigenvalue weighted by molar-refractivity contribution is 0.0994. The lowest BCUT2D eigenvalue weighted by atomic mass is 10.1. The third-order valence-electron chi connectivity index (χ3n) is 5.50. The molecule has 150 valence electrons. The van der Waals surface area contributed by atoms with Crippen LogP contribution in [0.1, 0.15) is 38.9 Å². The second-order valence-electron chi connectivity index (χ2n) is 7.31. The number of hydrogen-bond donors (Lipinski definition) is 2. The van der Waals surface area contributed by atoms with Gasteiger partial charge in [-0.15, -0.1) is 11.3 Å². The van der Waals surface area contributed by atoms with Gasteiger partial charge in [0.1, 0.15) is 11.9 Å². The van der Waals surface area contributed by atoms with Gasteiger partial charge in [-0.05, 0) is 53.9 Å². The highest BCUT2D eigenvalue weighted by Crippen LogP contribution is 2.43. The first-order valence-corrected chi connectivity index (χ1v) is 10.6. The van der Waals surface area contributed by atoms with Crippen LogP contribution in [0.3, 0.4) is 0 Å². The molecule has 2 aromatic carbocycles. The highest BCUT2D eigenvalue weighted by molar-refractivity contribution is 7.19. The summed E-state index contributed by atoms with van der Waals surface area (Å²) in [5.74, 6) is 0.955. The largest absolute Gasteiger partial charge is 0.497 e. The lowest BCUT2D eigenvalue weighted by Gasteiger charge is -2.15. The molecule has 1 aliphatic carbocycles. The Kier molecular flexibility index (Phi) is 4.73. The molecule has 0 fully saturated rings. The number of benzene rings is 2. The van der Waals surface area contributed by atoms with Crippen LogP contribution in [0.4, 0.5) is 11.4 Å². The van der Waals surface area contributed by atoms with Crippen LogP contribution in [0, 0.1) is 0 Å². The number of aliphatic hydroxyl groups is 1. The summed E-state index contributed by atoms with van der Waals surface area (Å²) in [7, 11) is 1.62. The van der Waals surface area contributed by atoms with Crippen molar-refractivity contribution in [1.29, 1.82) is 0 Å². The Hall–Kier alpha value is -3.22. The molecule has 6 heteroatoms. The van der Waals surface area contributed by atoms with E-state index in [1.807, 2.05) is 54.7 Å². The number of aryl methyl sites for hydroxylation is 1. The number of anilines is 2. The fourth-order valence-electron chi connectivity index (χ4n) is 3.91. The van der Waals surface area contributed by atoms with Gasteiger partial charge in [0.15, 0.2) is 5.78 Å². The van der Waals surface area contributed by atoms with Gasteiger partial charge in [0.25, 0.3) is 0 Å². The highest BCUT2D eigenvalue weighted by atomic mass is 32.1. The van der Waals surface area contributed by atoms with Crippen LogP contribution in [0.25, 0.3) is 10.1 Å². The second-order valence-corrected chi connectivity index (χ2v) is 8.39. The van der Waals surface area contributed by atoms with Crippen molar-refractivity contribution in [3.63, 3.8) is 0 Å². The number of aromatic nitrogens is 1. The number of pyridine rings is 1. The number of ether oxygens (including phenoxy) is 1. The SMILES string of the molecule is COc1ccc(C(O)c2sc3cnccc3c2Nc2ccc3c(c2)CCC3=O)cc1. The summed E-state index contributed by atoms with van der Waals surface area (Å²) in [5, 5.41) is 15.7. The quantitative estimate of drug-likeness (QED) is 0.464. The maximum Gasteiger partial charge on any atom is 0.163 e. The average molecular weight is 417 g/mol. The van der Waals surface area contributed by atoms with Crippen molar-refractivity contribution in [3.05, 3.63) is 82.5 Å². The fourth-order valence-corrected chi connectivity index (χ4v) is 5.05. The molecule has 0 saturated carbocycles. The second kappa shape index (κ2) is 7.55. The Bertz CT molecular complexity index is 1250. The van der Waals surface area contributed by atoms with E-state index < -0.39 is 6.10 Å². The minimum absolute atomic E-state index is 0.208. The van der Waals surface area contributed by atoms with Gasteiger partial charge in [-0.2, -0.15) is 0 Å². The van der Waals surface area contributed by atoms with E-state index in [-0.39, 0.29) is 5.78 Å². The number of carbonyl (C=O) groups excluding carboxylic acids is 1. The fraction of sp³-hybridized carbons (Fsp3) is 0.167. The molecule has 0 bridgehead atoms. The Labute approximate surface area is 178 Å². The summed E-state index contributed by atoms with van der Waals surface area (Å²) in [6.45, 7) is 0. The Morgan fingerprint density at radius 1 is 1.13 bits per heavy atom. The number of Topliss-reactive ketones (excluding diaryl/α,β-unsaturated/α-hetero) is 1. The van der Waals surface area contributed by atoms with E-state index in [4.69, 9.17) is 4.74 Å². The van der Waals surface area contributed by atoms with E-state index in [1.165, 1.54) is 11.3 Å². The maximum absolute atomic E-state index is 11.9. The Morgan fingerprint density at radius 3 is 2.77 bits per heavy atom. The zero-order valence-corrected chi connectivity index (χ0v) is 17.2. The Morgan fingerprint density at radius 2 is 1.97 bits per heavy atom. The number of aliphatic hydroxyl groups excluding tert-OH is 1. The van der Waals surface area contributed by atoms with E-state index in [9.17, 15) is 9.90 Å². The number of methoxy groups -OCH3 is 1. The van der Waals surface area contributed by atoms with Crippen molar-refractivity contribution in [1.82, 2.24) is 4.98 Å². The molecule has 2 heterocycles. The topological polar surface area (TPSA) is 71.5 Å². The van der Waals surface area contributed by atoms with Gasteiger partial charge in [0.2, 0.25) is 0 Å². The van der Waals surface area contributed by atoms with Crippen LogP contribution in [-0.2, 0) is 6.42 Å². The number of ketones is 1. The van der Waals surface area contributed by atoms with Crippen molar-refractivity contribution in [2.24, 2.45) is 0 Å². The third kappa shape index (κ3) is 3.24. The van der Waals surface area contributed by atoms with Crippen molar-refractivity contribution in [2.75, 3.05) is 12.4 Å². The molecule has 0 amide bonds. The van der Waals surface area contributed by atoms with Crippen LogP contribution in [0.5, 0.6) is 5.75 Å². The maximum atomic E-state index is 11.9. The molecule has 0 spiro atoms. The number of rotatable bonds is 5. The molecule has 30 heavy (non-hydrogen) atoms. The highest BCUT2D eigenvalue weighted by Gasteiger charge is 2.23. The van der Waals surface area contributed by atoms with E-state index in [0.29, 0.717) is 6.42 Å². The first-order valence-electron chi connectivity index (χ1n) is 9.75. The summed E-state index contributed by atoms with van der Waals surface area (Å²) < 4.78 is 6.22. The van der Waals surface area contributed by atoms with Crippen LogP contribution < -0.4 is 10.1 Å². The van der Waals surface area contributed by atoms with Crippen molar-refractivity contribution in [2.45, 2.75) is 18.9 Å². The van der Waals surface area contributed by atoms with Crippen molar-refractivity contribution < 1.29 is 14.6 Å². The van der Waals surface area contributed by atoms with Crippen LogP contribution in [0.2, 0.25) is 0 Å². The zero-order chi connectivity index (χ0) is 20.7. The third-order valence-corrected chi connectivity index (χ3v) is 6.69. The molecule has 1 atom stereocenters. The predicted octanol–water partition coefficient (Wildman–Crippen LogP) is 5.26. The van der Waals surface area contributed by atoms with Gasteiger partial charge in [-0.3, -0.25) is 9.78 Å². The van der Waals surface area contributed by atoms with E-state index in [2.05, 4.69) is 10.3 Å². The van der Waals surface area contributed by atoms with Gasteiger partial charge < -0.3 is 15.2 Å². The molecule has 5 nitrogen and oxygen atoms in total. The minimum atomic E-state index is -0.785. The molecule has 1 aliphatic rings. The molecular formula is C24H20N2O3S. The number of hydrogen-bond acceptors (Lipinski definition) is 6. The number of nitrogens with zero attached hydrogens (tertiary/aromatic N) is 1. The van der Waals surface area contributed by atoms with E-state index in [0.717, 1.165) is 55.2 Å². The summed E-state index contributed by atoms with van der Waals surface area (Å²) >= 11 is 1.52. The molecule has 2 N–H and O–H groups in total. The molecule has 0 radical (unpaired) electrons. The molecule has 0 aliphatic heterocycles. The first-order chi connectivity index (χ1) is 14.6. The van der Waals surface area contributed by atoms with Gasteiger partial charge >= 0.3 is 0 Å². The van der Waals surface area contributed by atoms with Crippen LogP contribution in [-0.4, -0.2) is 23.0 Å². The molecule has 0 saturated heterocycles. The molecule has 4 aromatic rings. The molecule has 2 aromatic heterocycles. The van der Waals surface area contributed by atoms with Gasteiger partial charge in [0, 0.05) is 35.5 Å². The van der Waals surface area contributed by atoms with Gasteiger partial charge in [-0.25, -0.2) is 0 Å². The zero-order valence-electron chi connectivity index (χ0n) is 16.4. The number of fused-ring (bicyclic) bond motifs is 2. The standard InChI is InChI=1S/C24H20N2O3S/c1-29-17-6-2-14(3-7-17)23(28)24-22(19-10-11-25-13-21(19)30-24)26-16-5-8-18-15(12-16)4-9-20(18)27/h2-3,5-8,10-13,23,26,28H,4,9H2,1H3. The van der Waals surface area contributed by atoms with Crippen LogP contribution in [0.15, 0.2) is 60.9 Å². The monoisotopic (exact) mass is 416 g/mol. The number of nitrogens with one attached hydrogen (secondary N) is 1. The number of thiophene rings is 1. The smallest absolute Gasteiger partial charge is 0.163 e. The van der Waals surface area contributed by atoms with Gasteiger partial charge in [-0.1, -0.05) is 12.1 Å². The van der Waals surface area contributed by atoms with Crippen molar-refractivity contribution >= 4 is 38.6 Å². The summed E-state index contributed by atoms with van der Waals surface area (Å²) in [6, 6.07) is 15.2. The molecular weight excluding hydrogens is 396 g/mol. The van der Waals surface area contributed by atoms with E-state index in [1.54, 1.807) is 13.3 Å². The number of carbonyl (C=O) groups is 1. The average Bonchev–Trinajstić information content (AvgIpc) is 3.34. The summed E-state index contributed by atoms with van der Waals surface area (Å²) in [4.78, 5) is 17.0. The summed E-state index contributed by atoms with van der Waals surface area (Å²) in [5.41, 5.74) is 4.45. The molecule has 1 unspecified atom stereocenters. The van der Waals surface area contributed by atoms with Gasteiger partial charge in [0.05, 0.1) is 22.4 Å². The van der Waals surface area contributed by atoms with Crippen molar-refractivity contribution in [3.8, 4) is 5.75 Å². The lowest BCUT2D eigenvalue weighted by Crippen LogP contribution is -2.02. The minimum Gasteiger partial charge on any atom is -0.497 e. The molecule has 5 rings (SSSR count). The summed E-state index contributed by atoms with van der Waals surface area (Å²) in [6.07, 6.45) is 4.14. The van der Waals surface area contributed by atoms with Crippen LogP contribution >= 0.6 is 11.3 Å². The first kappa shape index (κ1) is 18.8.